The van der Waals surface area contributed by atoms with Gasteiger partial charge in [0.1, 0.15) is 27.4 Å². The SMILES string of the molecule is CCOC(=O)c1sc2nc(CN(C)C)nc(N3CCN(CC(C)C)C(=O)C3C)c2c1C. The number of rotatable bonds is 7. The van der Waals surface area contributed by atoms with Crippen molar-refractivity contribution in [1.82, 2.24) is 19.8 Å². The quantitative estimate of drug-likeness (QED) is 0.604. The number of nitrogens with zero attached hydrogens (tertiary/aromatic N) is 5. The fourth-order valence-electron chi connectivity index (χ4n) is 3.95. The van der Waals surface area contributed by atoms with Crippen LogP contribution in [0.3, 0.4) is 0 Å². The van der Waals surface area contributed by atoms with Crippen LogP contribution < -0.4 is 4.90 Å². The number of carbonyl (C=O) groups is 2. The van der Waals surface area contributed by atoms with Gasteiger partial charge in [-0.25, -0.2) is 14.8 Å². The Morgan fingerprint density at radius 1 is 1.29 bits per heavy atom. The highest BCUT2D eigenvalue weighted by Gasteiger charge is 2.34. The Morgan fingerprint density at radius 2 is 2.00 bits per heavy atom. The molecule has 2 aromatic heterocycles. The zero-order valence-electron chi connectivity index (χ0n) is 19.6. The number of aryl methyl sites for hydroxylation is 1. The van der Waals surface area contributed by atoms with Crippen LogP contribution in [0.25, 0.3) is 10.2 Å². The van der Waals surface area contributed by atoms with E-state index in [-0.39, 0.29) is 17.9 Å². The number of anilines is 1. The monoisotopic (exact) mass is 447 g/mol. The molecule has 2 aromatic rings. The van der Waals surface area contributed by atoms with Gasteiger partial charge >= 0.3 is 5.97 Å². The predicted octanol–water partition coefficient (Wildman–Crippen LogP) is 2.93. The van der Waals surface area contributed by atoms with Crippen molar-refractivity contribution < 1.29 is 14.3 Å². The molecule has 1 amide bonds. The van der Waals surface area contributed by atoms with Crippen LogP contribution in [-0.2, 0) is 16.1 Å². The third-order valence-electron chi connectivity index (χ3n) is 5.34. The summed E-state index contributed by atoms with van der Waals surface area (Å²) in [7, 11) is 3.93. The maximum absolute atomic E-state index is 13.1. The third kappa shape index (κ3) is 4.82. The lowest BCUT2D eigenvalue weighted by Crippen LogP contribution is -2.57. The minimum Gasteiger partial charge on any atom is -0.462 e. The topological polar surface area (TPSA) is 78.9 Å². The number of thiophene rings is 1. The molecule has 31 heavy (non-hydrogen) atoms. The fraction of sp³-hybridized carbons (Fsp3) is 0.636. The normalized spacial score (nSPS) is 17.3. The van der Waals surface area contributed by atoms with Crippen LogP contribution in [0.5, 0.6) is 0 Å². The molecule has 1 aliphatic rings. The van der Waals surface area contributed by atoms with E-state index in [0.717, 1.165) is 28.1 Å². The standard InChI is InChI=1S/C22H33N5O3S/c1-8-30-22(29)18-14(4)17-19(23-16(12-25(6)7)24-20(17)31-18)27-10-9-26(11-13(2)3)21(28)15(27)5/h13,15H,8-12H2,1-7H3. The number of esters is 1. The number of amides is 1. The number of aromatic nitrogens is 2. The molecule has 1 unspecified atom stereocenters. The van der Waals surface area contributed by atoms with Crippen LogP contribution in [-0.4, -0.2) is 78.0 Å². The van der Waals surface area contributed by atoms with Gasteiger partial charge in [0.2, 0.25) is 5.91 Å². The van der Waals surface area contributed by atoms with Crippen LogP contribution in [0.4, 0.5) is 5.82 Å². The van der Waals surface area contributed by atoms with Crippen molar-refractivity contribution in [2.24, 2.45) is 5.92 Å². The molecule has 1 aliphatic heterocycles. The summed E-state index contributed by atoms with van der Waals surface area (Å²) < 4.78 is 5.25. The van der Waals surface area contributed by atoms with Gasteiger partial charge in [-0.2, -0.15) is 0 Å². The van der Waals surface area contributed by atoms with Crippen molar-refractivity contribution >= 4 is 39.2 Å². The Kier molecular flexibility index (Phi) is 7.16. The van der Waals surface area contributed by atoms with E-state index in [1.807, 2.05) is 37.7 Å². The summed E-state index contributed by atoms with van der Waals surface area (Å²) in [4.78, 5) is 42.5. The third-order valence-corrected chi connectivity index (χ3v) is 6.51. The molecule has 8 nitrogen and oxygen atoms in total. The van der Waals surface area contributed by atoms with E-state index in [1.165, 1.54) is 11.3 Å². The van der Waals surface area contributed by atoms with Gasteiger partial charge in [0.05, 0.1) is 18.5 Å². The molecule has 0 saturated carbocycles. The van der Waals surface area contributed by atoms with Gasteiger partial charge in [0.25, 0.3) is 0 Å². The molecule has 0 aliphatic carbocycles. The highest BCUT2D eigenvalue weighted by Crippen LogP contribution is 2.37. The van der Waals surface area contributed by atoms with Crippen LogP contribution in [0.2, 0.25) is 0 Å². The van der Waals surface area contributed by atoms with Crippen molar-refractivity contribution in [1.29, 1.82) is 0 Å². The van der Waals surface area contributed by atoms with Crippen molar-refractivity contribution in [3.05, 3.63) is 16.3 Å². The maximum Gasteiger partial charge on any atom is 0.348 e. The van der Waals surface area contributed by atoms with E-state index >= 15 is 0 Å². The molecule has 0 radical (unpaired) electrons. The smallest absolute Gasteiger partial charge is 0.348 e. The van der Waals surface area contributed by atoms with Crippen LogP contribution in [0.15, 0.2) is 0 Å². The highest BCUT2D eigenvalue weighted by molar-refractivity contribution is 7.20. The number of carbonyl (C=O) groups excluding carboxylic acids is 2. The van der Waals surface area contributed by atoms with E-state index in [2.05, 4.69) is 18.7 Å². The molecular formula is C22H33N5O3S. The Hall–Kier alpha value is -2.26. The zero-order valence-corrected chi connectivity index (χ0v) is 20.4. The first kappa shape index (κ1) is 23.4. The number of piperazine rings is 1. The second-order valence-electron chi connectivity index (χ2n) is 8.71. The van der Waals surface area contributed by atoms with Crippen molar-refractivity contribution in [2.75, 3.05) is 45.2 Å². The molecule has 9 heteroatoms. The van der Waals surface area contributed by atoms with E-state index in [4.69, 9.17) is 14.7 Å². The van der Waals surface area contributed by atoms with Gasteiger partial charge < -0.3 is 19.4 Å². The Labute approximate surface area is 188 Å². The van der Waals surface area contributed by atoms with Gasteiger partial charge in [0, 0.05) is 19.6 Å². The van der Waals surface area contributed by atoms with Gasteiger partial charge in [0.15, 0.2) is 0 Å². The summed E-state index contributed by atoms with van der Waals surface area (Å²) in [6, 6.07) is -0.330. The van der Waals surface area contributed by atoms with Gasteiger partial charge in [-0.1, -0.05) is 13.8 Å². The number of hydrogen-bond acceptors (Lipinski definition) is 8. The van der Waals surface area contributed by atoms with Gasteiger partial charge in [-0.3, -0.25) is 4.79 Å². The molecule has 1 atom stereocenters. The lowest BCUT2D eigenvalue weighted by atomic mass is 10.1. The Bertz CT molecular complexity index is 972. The predicted molar refractivity (Wildman–Crippen MR) is 124 cm³/mol. The second kappa shape index (κ2) is 9.48. The highest BCUT2D eigenvalue weighted by atomic mass is 32.1. The molecule has 0 bridgehead atoms. The van der Waals surface area contributed by atoms with Gasteiger partial charge in [-0.15, -0.1) is 11.3 Å². The Morgan fingerprint density at radius 3 is 2.61 bits per heavy atom. The summed E-state index contributed by atoms with van der Waals surface area (Å²) in [5, 5.41) is 0.840. The molecule has 0 aromatic carbocycles. The maximum atomic E-state index is 13.1. The first-order valence-electron chi connectivity index (χ1n) is 10.8. The largest absolute Gasteiger partial charge is 0.462 e. The van der Waals surface area contributed by atoms with Crippen molar-refractivity contribution in [2.45, 2.75) is 47.2 Å². The van der Waals surface area contributed by atoms with E-state index in [9.17, 15) is 9.59 Å². The molecule has 1 saturated heterocycles. The summed E-state index contributed by atoms with van der Waals surface area (Å²) in [6.45, 7) is 12.9. The molecule has 0 N–H and O–H groups in total. The average molecular weight is 448 g/mol. The first-order valence-corrected chi connectivity index (χ1v) is 11.6. The first-order chi connectivity index (χ1) is 14.6. The minimum absolute atomic E-state index is 0.111. The Balaban J connectivity index is 2.09. The van der Waals surface area contributed by atoms with Crippen molar-refractivity contribution in [3.63, 3.8) is 0 Å². The van der Waals surface area contributed by atoms with Crippen molar-refractivity contribution in [3.8, 4) is 0 Å². The zero-order chi connectivity index (χ0) is 22.9. The molecule has 1 fully saturated rings. The van der Waals surface area contributed by atoms with Gasteiger partial charge in [-0.05, 0) is 46.3 Å². The minimum atomic E-state index is -0.339. The van der Waals surface area contributed by atoms with Crippen LogP contribution >= 0.6 is 11.3 Å². The van der Waals surface area contributed by atoms with E-state index in [0.29, 0.717) is 42.9 Å². The summed E-state index contributed by atoms with van der Waals surface area (Å²) in [5.41, 5.74) is 0.814. The lowest BCUT2D eigenvalue weighted by Gasteiger charge is -2.40. The fourth-order valence-corrected chi connectivity index (χ4v) is 5.04. The molecule has 3 rings (SSSR count). The lowest BCUT2D eigenvalue weighted by molar-refractivity contribution is -0.134. The van der Waals surface area contributed by atoms with E-state index in [1.54, 1.807) is 6.92 Å². The number of ether oxygens (including phenoxy) is 1. The summed E-state index contributed by atoms with van der Waals surface area (Å²) >= 11 is 1.34. The molecular weight excluding hydrogens is 414 g/mol. The van der Waals surface area contributed by atoms with E-state index < -0.39 is 0 Å². The second-order valence-corrected chi connectivity index (χ2v) is 9.70. The average Bonchev–Trinajstić information content (AvgIpc) is 3.01. The molecule has 0 spiro atoms. The van der Waals surface area contributed by atoms with Crippen LogP contribution in [0, 0.1) is 12.8 Å². The molecule has 3 heterocycles. The number of fused-ring (bicyclic) bond motifs is 1. The summed E-state index contributed by atoms with van der Waals surface area (Å²) in [5.74, 6) is 1.60. The molecule has 170 valence electrons. The van der Waals surface area contributed by atoms with Crippen LogP contribution in [0.1, 0.15) is 48.8 Å². The number of hydrogen-bond donors (Lipinski definition) is 0. The summed E-state index contributed by atoms with van der Waals surface area (Å²) in [6.07, 6.45) is 0.